The number of carbonyl (C=O) groups is 1. The number of hydrogen-bond donors (Lipinski definition) is 0. The Balaban J connectivity index is 1.71. The second-order valence-electron chi connectivity index (χ2n) is 4.77. The molecule has 2 aromatic heterocycles. The lowest BCUT2D eigenvalue weighted by molar-refractivity contribution is -0.149. The van der Waals surface area contributed by atoms with Gasteiger partial charge >= 0.3 is 5.97 Å². The van der Waals surface area contributed by atoms with Crippen LogP contribution in [0.25, 0.3) is 11.3 Å². The molecule has 0 unspecified atom stereocenters. The smallest absolute Gasteiger partial charge is 0.308 e. The van der Waals surface area contributed by atoms with Crippen molar-refractivity contribution in [2.45, 2.75) is 18.9 Å². The summed E-state index contributed by atoms with van der Waals surface area (Å²) in [6.07, 6.45) is 6.79. The first-order valence-corrected chi connectivity index (χ1v) is 6.66. The molecule has 0 radical (unpaired) electrons. The quantitative estimate of drug-likeness (QED) is 0.640. The Hall–Kier alpha value is -1.95. The van der Waals surface area contributed by atoms with Crippen LogP contribution >= 0.6 is 11.6 Å². The Bertz CT molecular complexity index is 637. The molecule has 1 saturated carbocycles. The van der Waals surface area contributed by atoms with Crippen molar-refractivity contribution in [2.75, 3.05) is 7.11 Å². The van der Waals surface area contributed by atoms with E-state index in [1.54, 1.807) is 18.5 Å². The van der Waals surface area contributed by atoms with E-state index in [1.807, 2.05) is 10.9 Å². The predicted octanol–water partition coefficient (Wildman–Crippen LogP) is 2.12. The third-order valence-corrected chi connectivity index (χ3v) is 3.73. The zero-order chi connectivity index (χ0) is 14.1. The first kappa shape index (κ1) is 13.1. The summed E-state index contributed by atoms with van der Waals surface area (Å²) >= 11 is 5.77. The number of carbonyl (C=O) groups excluding carboxylic acids is 1. The van der Waals surface area contributed by atoms with Gasteiger partial charge in [0.1, 0.15) is 0 Å². The van der Waals surface area contributed by atoms with Crippen LogP contribution in [-0.4, -0.2) is 32.8 Å². The van der Waals surface area contributed by atoms with E-state index in [0.717, 1.165) is 24.1 Å². The van der Waals surface area contributed by atoms with Gasteiger partial charge in [0.15, 0.2) is 0 Å². The van der Waals surface area contributed by atoms with Gasteiger partial charge in [0.2, 0.25) is 5.28 Å². The first-order valence-electron chi connectivity index (χ1n) is 6.28. The number of hydrogen-bond acceptors (Lipinski definition) is 5. The summed E-state index contributed by atoms with van der Waals surface area (Å²) in [6, 6.07) is 2.02. The van der Waals surface area contributed by atoms with Crippen molar-refractivity contribution in [3.63, 3.8) is 0 Å². The number of rotatable bonds is 3. The number of methoxy groups -OCH3 is 1. The summed E-state index contributed by atoms with van der Waals surface area (Å²) in [5, 5.41) is 4.54. The van der Waals surface area contributed by atoms with Gasteiger partial charge in [-0.05, 0) is 30.5 Å². The van der Waals surface area contributed by atoms with Crippen LogP contribution in [0.15, 0.2) is 24.7 Å². The Morgan fingerprint density at radius 1 is 1.50 bits per heavy atom. The van der Waals surface area contributed by atoms with E-state index in [4.69, 9.17) is 16.3 Å². The molecule has 1 aliphatic rings. The molecule has 3 rings (SSSR count). The molecule has 0 bridgehead atoms. The fourth-order valence-electron chi connectivity index (χ4n) is 2.33. The van der Waals surface area contributed by atoms with Crippen molar-refractivity contribution in [3.05, 3.63) is 29.9 Å². The molecule has 0 amide bonds. The SMILES string of the molecule is COC(=O)C1CC(n2cc(-c3ccnc(Cl)n3)cn2)C1. The van der Waals surface area contributed by atoms with Crippen LogP contribution in [0, 0.1) is 5.92 Å². The fraction of sp³-hybridized carbons (Fsp3) is 0.385. The molecule has 7 heteroatoms. The maximum atomic E-state index is 11.4. The molecule has 2 heterocycles. The van der Waals surface area contributed by atoms with Crippen molar-refractivity contribution in [2.24, 2.45) is 5.92 Å². The highest BCUT2D eigenvalue weighted by atomic mass is 35.5. The standard InChI is InChI=1S/C13H13ClN4O2/c1-20-12(19)8-4-10(5-8)18-7-9(6-16-18)11-2-3-15-13(14)17-11/h2-3,6-8,10H,4-5H2,1H3. The molecular weight excluding hydrogens is 280 g/mol. The third-order valence-electron chi connectivity index (χ3n) is 3.55. The van der Waals surface area contributed by atoms with E-state index in [2.05, 4.69) is 15.1 Å². The highest BCUT2D eigenvalue weighted by molar-refractivity contribution is 6.28. The molecule has 0 aromatic carbocycles. The highest BCUT2D eigenvalue weighted by Gasteiger charge is 2.36. The second kappa shape index (κ2) is 5.20. The fourth-order valence-corrected chi connectivity index (χ4v) is 2.48. The van der Waals surface area contributed by atoms with Gasteiger partial charge in [-0.2, -0.15) is 5.10 Å². The minimum Gasteiger partial charge on any atom is -0.469 e. The average Bonchev–Trinajstić information content (AvgIpc) is 2.86. The molecule has 0 aliphatic heterocycles. The van der Waals surface area contributed by atoms with Crippen molar-refractivity contribution in [1.82, 2.24) is 19.7 Å². The Kier molecular flexibility index (Phi) is 3.40. The summed E-state index contributed by atoms with van der Waals surface area (Å²) < 4.78 is 6.59. The Morgan fingerprint density at radius 2 is 2.30 bits per heavy atom. The van der Waals surface area contributed by atoms with Gasteiger partial charge < -0.3 is 4.74 Å². The lowest BCUT2D eigenvalue weighted by atomic mass is 9.80. The molecule has 1 aliphatic carbocycles. The van der Waals surface area contributed by atoms with Gasteiger partial charge in [-0.15, -0.1) is 0 Å². The number of esters is 1. The third kappa shape index (κ3) is 2.38. The summed E-state index contributed by atoms with van der Waals surface area (Å²) in [4.78, 5) is 19.3. The monoisotopic (exact) mass is 292 g/mol. The maximum Gasteiger partial charge on any atom is 0.308 e. The minimum atomic E-state index is -0.142. The van der Waals surface area contributed by atoms with Gasteiger partial charge in [-0.25, -0.2) is 9.97 Å². The van der Waals surface area contributed by atoms with Gasteiger partial charge in [0.25, 0.3) is 0 Å². The van der Waals surface area contributed by atoms with E-state index in [1.165, 1.54) is 7.11 Å². The molecule has 0 atom stereocenters. The normalized spacial score (nSPS) is 21.3. The molecular formula is C13H13ClN4O2. The molecule has 0 spiro atoms. The van der Waals surface area contributed by atoms with E-state index < -0.39 is 0 Å². The van der Waals surface area contributed by atoms with Crippen LogP contribution in [0.2, 0.25) is 5.28 Å². The van der Waals surface area contributed by atoms with Crippen LogP contribution in [0.5, 0.6) is 0 Å². The molecule has 2 aromatic rings. The van der Waals surface area contributed by atoms with Gasteiger partial charge in [0, 0.05) is 18.0 Å². The zero-order valence-electron chi connectivity index (χ0n) is 10.9. The van der Waals surface area contributed by atoms with E-state index >= 15 is 0 Å². The molecule has 104 valence electrons. The van der Waals surface area contributed by atoms with E-state index in [9.17, 15) is 4.79 Å². The largest absolute Gasteiger partial charge is 0.469 e. The van der Waals surface area contributed by atoms with Crippen LogP contribution in [-0.2, 0) is 9.53 Å². The van der Waals surface area contributed by atoms with Crippen LogP contribution in [0.3, 0.4) is 0 Å². The molecule has 1 fully saturated rings. The minimum absolute atomic E-state index is 0.00820. The molecule has 20 heavy (non-hydrogen) atoms. The first-order chi connectivity index (χ1) is 9.67. The Morgan fingerprint density at radius 3 is 3.00 bits per heavy atom. The summed E-state index contributed by atoms with van der Waals surface area (Å²) in [6.45, 7) is 0. The number of nitrogens with zero attached hydrogens (tertiary/aromatic N) is 4. The van der Waals surface area contributed by atoms with Crippen LogP contribution in [0.4, 0.5) is 0 Å². The van der Waals surface area contributed by atoms with Crippen LogP contribution < -0.4 is 0 Å². The molecule has 0 saturated heterocycles. The average molecular weight is 293 g/mol. The van der Waals surface area contributed by atoms with Gasteiger partial charge in [0.05, 0.1) is 31.0 Å². The lowest BCUT2D eigenvalue weighted by Gasteiger charge is -2.33. The Labute approximate surface area is 120 Å². The number of ether oxygens (including phenoxy) is 1. The highest BCUT2D eigenvalue weighted by Crippen LogP contribution is 2.38. The summed E-state index contributed by atoms with van der Waals surface area (Å²) in [5.41, 5.74) is 1.62. The van der Waals surface area contributed by atoms with Crippen molar-refractivity contribution in [1.29, 1.82) is 0 Å². The summed E-state index contributed by atoms with van der Waals surface area (Å²) in [7, 11) is 1.42. The van der Waals surface area contributed by atoms with E-state index in [0.29, 0.717) is 0 Å². The molecule has 6 nitrogen and oxygen atoms in total. The zero-order valence-corrected chi connectivity index (χ0v) is 11.6. The number of halogens is 1. The van der Waals surface area contributed by atoms with E-state index in [-0.39, 0.29) is 23.2 Å². The topological polar surface area (TPSA) is 69.9 Å². The summed E-state index contributed by atoms with van der Waals surface area (Å²) in [5.74, 6) is -0.151. The lowest BCUT2D eigenvalue weighted by Crippen LogP contribution is -2.33. The number of aromatic nitrogens is 4. The van der Waals surface area contributed by atoms with Crippen molar-refractivity contribution in [3.8, 4) is 11.3 Å². The van der Waals surface area contributed by atoms with Gasteiger partial charge in [-0.1, -0.05) is 0 Å². The van der Waals surface area contributed by atoms with Crippen LogP contribution in [0.1, 0.15) is 18.9 Å². The second-order valence-corrected chi connectivity index (χ2v) is 5.10. The predicted molar refractivity (Wildman–Crippen MR) is 72.0 cm³/mol. The maximum absolute atomic E-state index is 11.4. The van der Waals surface area contributed by atoms with Crippen molar-refractivity contribution >= 4 is 17.6 Å². The van der Waals surface area contributed by atoms with Crippen molar-refractivity contribution < 1.29 is 9.53 Å². The van der Waals surface area contributed by atoms with Gasteiger partial charge in [-0.3, -0.25) is 9.48 Å². The molecule has 0 N–H and O–H groups in total.